The Morgan fingerprint density at radius 1 is 1.05 bits per heavy atom. The molecule has 0 aromatic heterocycles. The maximum absolute atomic E-state index is 13.0. The summed E-state index contributed by atoms with van der Waals surface area (Å²) in [4.78, 5) is 13.0. The highest BCUT2D eigenvalue weighted by Crippen LogP contribution is 2.37. The molecule has 0 amide bonds. The molecule has 0 aliphatic rings. The first-order valence-electron chi connectivity index (χ1n) is 7.83. The van der Waals surface area contributed by atoms with E-state index in [0.29, 0.717) is 0 Å². The quantitative estimate of drug-likeness (QED) is 0.599. The molecule has 0 atom stereocenters. The number of hydrogen-bond acceptors (Lipinski definition) is 1. The number of carbonyl (C=O) groups is 1. The number of Topliss-reactive ketones (excluding diaryl/α,β-unsaturated/α-hetero) is 1. The van der Waals surface area contributed by atoms with E-state index in [0.717, 1.165) is 11.1 Å². The molecule has 1 rings (SSSR count). The molecular weight excluding hydrogens is 268 g/mol. The largest absolute Gasteiger partial charge is 0.298 e. The third-order valence-corrected chi connectivity index (χ3v) is 3.87. The maximum Gasteiger partial charge on any atom is 0.152 e. The van der Waals surface area contributed by atoms with Crippen LogP contribution < -0.4 is 0 Å². The Morgan fingerprint density at radius 2 is 1.55 bits per heavy atom. The Labute approximate surface area is 136 Å². The number of rotatable bonds is 6. The molecule has 22 heavy (non-hydrogen) atoms. The molecule has 0 fully saturated rings. The van der Waals surface area contributed by atoms with Crippen molar-refractivity contribution in [1.29, 1.82) is 0 Å². The molecular formula is C21H30O. The predicted octanol–water partition coefficient (Wildman–Crippen LogP) is 5.88. The fourth-order valence-corrected chi connectivity index (χ4v) is 2.31. The molecule has 1 heteroatoms. The van der Waals surface area contributed by atoms with Gasteiger partial charge in [-0.05, 0) is 38.8 Å². The van der Waals surface area contributed by atoms with Crippen molar-refractivity contribution in [2.75, 3.05) is 0 Å². The van der Waals surface area contributed by atoms with E-state index in [1.807, 2.05) is 84.0 Å². The lowest BCUT2D eigenvalue weighted by Gasteiger charge is -2.34. The van der Waals surface area contributed by atoms with Crippen molar-refractivity contribution in [3.05, 3.63) is 72.9 Å². The third-order valence-electron chi connectivity index (χ3n) is 3.87. The number of hydrogen-bond donors (Lipinski definition) is 0. The lowest BCUT2D eigenvalue weighted by molar-refractivity contribution is -0.130. The second kappa shape index (κ2) is 8.53. The summed E-state index contributed by atoms with van der Waals surface area (Å²) in [6, 6.07) is 9.88. The van der Waals surface area contributed by atoms with Gasteiger partial charge in [-0.25, -0.2) is 0 Å². The Kier molecular flexibility index (Phi) is 7.80. The lowest BCUT2D eigenvalue weighted by atomic mass is 9.67. The minimum atomic E-state index is -0.612. The van der Waals surface area contributed by atoms with E-state index in [1.165, 1.54) is 0 Å². The Balaban J connectivity index is 0.00000211. The second-order valence-corrected chi connectivity index (χ2v) is 6.07. The van der Waals surface area contributed by atoms with E-state index in [-0.39, 0.29) is 5.78 Å². The van der Waals surface area contributed by atoms with Gasteiger partial charge in [0.25, 0.3) is 0 Å². The van der Waals surface area contributed by atoms with Crippen LogP contribution in [0, 0.1) is 5.41 Å². The highest BCUT2D eigenvalue weighted by Gasteiger charge is 2.40. The third kappa shape index (κ3) is 4.56. The molecule has 1 aromatic carbocycles. The standard InChI is InChI=1S/C19H24O.C2H6/c1-7-8-12-15(2)18(3,4)17(20)19(5,6)16-13-10-9-11-14-16;1-2/h7-14H,1-2H2,3-6H3;1-2H3/b12-8-;. The first-order chi connectivity index (χ1) is 10.2. The van der Waals surface area contributed by atoms with E-state index in [9.17, 15) is 4.79 Å². The van der Waals surface area contributed by atoms with Crippen molar-refractivity contribution in [3.63, 3.8) is 0 Å². The van der Waals surface area contributed by atoms with Crippen LogP contribution in [0.25, 0.3) is 0 Å². The summed E-state index contributed by atoms with van der Waals surface area (Å²) in [7, 11) is 0. The van der Waals surface area contributed by atoms with Crippen molar-refractivity contribution in [2.45, 2.75) is 47.0 Å². The van der Waals surface area contributed by atoms with Crippen LogP contribution >= 0.6 is 0 Å². The zero-order valence-corrected chi connectivity index (χ0v) is 14.9. The maximum atomic E-state index is 13.0. The number of benzene rings is 1. The molecule has 0 N–H and O–H groups in total. The number of carbonyl (C=O) groups excluding carboxylic acids is 1. The smallest absolute Gasteiger partial charge is 0.152 e. The van der Waals surface area contributed by atoms with Gasteiger partial charge >= 0.3 is 0 Å². The number of allylic oxidation sites excluding steroid dienone is 4. The van der Waals surface area contributed by atoms with Crippen LogP contribution in [-0.4, -0.2) is 5.78 Å². The lowest BCUT2D eigenvalue weighted by Crippen LogP contribution is -2.40. The van der Waals surface area contributed by atoms with Crippen LogP contribution in [0.5, 0.6) is 0 Å². The summed E-state index contributed by atoms with van der Waals surface area (Å²) in [6.45, 7) is 19.5. The molecule has 0 saturated heterocycles. The molecule has 1 nitrogen and oxygen atoms in total. The Morgan fingerprint density at radius 3 is 2.00 bits per heavy atom. The topological polar surface area (TPSA) is 17.1 Å². The van der Waals surface area contributed by atoms with Crippen LogP contribution in [0.15, 0.2) is 67.3 Å². The summed E-state index contributed by atoms with van der Waals surface area (Å²) < 4.78 is 0. The highest BCUT2D eigenvalue weighted by atomic mass is 16.1. The van der Waals surface area contributed by atoms with Crippen LogP contribution in [0.3, 0.4) is 0 Å². The predicted molar refractivity (Wildman–Crippen MR) is 98.1 cm³/mol. The molecule has 0 radical (unpaired) electrons. The van der Waals surface area contributed by atoms with Crippen LogP contribution in [0.1, 0.15) is 47.1 Å². The first-order valence-corrected chi connectivity index (χ1v) is 7.83. The fourth-order valence-electron chi connectivity index (χ4n) is 2.31. The molecule has 0 unspecified atom stereocenters. The molecule has 0 bridgehead atoms. The van der Waals surface area contributed by atoms with Crippen molar-refractivity contribution in [3.8, 4) is 0 Å². The summed E-state index contributed by atoms with van der Waals surface area (Å²) in [5, 5.41) is 0. The Bertz CT molecular complexity index is 530. The molecule has 1 aromatic rings. The molecule has 0 saturated carbocycles. The summed E-state index contributed by atoms with van der Waals surface area (Å²) in [6.07, 6.45) is 5.35. The molecule has 0 spiro atoms. The van der Waals surface area contributed by atoms with Gasteiger partial charge in [-0.2, -0.15) is 0 Å². The van der Waals surface area contributed by atoms with Crippen LogP contribution in [0.4, 0.5) is 0 Å². The molecule has 0 aliphatic heterocycles. The van der Waals surface area contributed by atoms with Gasteiger partial charge in [-0.15, -0.1) is 0 Å². The van der Waals surface area contributed by atoms with Gasteiger partial charge in [0.05, 0.1) is 0 Å². The molecule has 120 valence electrons. The normalized spacial score (nSPS) is 11.5. The van der Waals surface area contributed by atoms with Crippen molar-refractivity contribution < 1.29 is 4.79 Å². The van der Waals surface area contributed by atoms with E-state index < -0.39 is 10.8 Å². The minimum Gasteiger partial charge on any atom is -0.298 e. The minimum absolute atomic E-state index is 0.162. The van der Waals surface area contributed by atoms with Gasteiger partial charge in [0.15, 0.2) is 5.78 Å². The number of ketones is 1. The zero-order valence-electron chi connectivity index (χ0n) is 14.9. The van der Waals surface area contributed by atoms with Gasteiger partial charge in [0.1, 0.15) is 0 Å². The van der Waals surface area contributed by atoms with E-state index in [1.54, 1.807) is 6.08 Å². The van der Waals surface area contributed by atoms with E-state index in [4.69, 9.17) is 0 Å². The monoisotopic (exact) mass is 298 g/mol. The average molecular weight is 298 g/mol. The van der Waals surface area contributed by atoms with Crippen molar-refractivity contribution in [1.82, 2.24) is 0 Å². The summed E-state index contributed by atoms with van der Waals surface area (Å²) >= 11 is 0. The molecule has 0 heterocycles. The molecule has 0 aliphatic carbocycles. The SMILES string of the molecule is C=C/C=C\C(=C)C(C)(C)C(=O)C(C)(C)c1ccccc1.CC. The first kappa shape index (κ1) is 20.1. The highest BCUT2D eigenvalue weighted by molar-refractivity contribution is 5.96. The van der Waals surface area contributed by atoms with Gasteiger partial charge < -0.3 is 0 Å². The summed E-state index contributed by atoms with van der Waals surface area (Å²) in [5.74, 6) is 0.162. The van der Waals surface area contributed by atoms with Gasteiger partial charge in [0, 0.05) is 10.8 Å². The van der Waals surface area contributed by atoms with Gasteiger partial charge in [-0.1, -0.05) is 75.6 Å². The second-order valence-electron chi connectivity index (χ2n) is 6.07. The van der Waals surface area contributed by atoms with Crippen molar-refractivity contribution >= 4 is 5.78 Å². The fraction of sp³-hybridized carbons (Fsp3) is 0.381. The van der Waals surface area contributed by atoms with Crippen LogP contribution in [-0.2, 0) is 10.2 Å². The van der Waals surface area contributed by atoms with Gasteiger partial charge in [0.2, 0.25) is 0 Å². The van der Waals surface area contributed by atoms with Crippen LogP contribution in [0.2, 0.25) is 0 Å². The summed E-state index contributed by atoms with van der Waals surface area (Å²) in [5.41, 5.74) is 0.666. The van der Waals surface area contributed by atoms with Crippen molar-refractivity contribution in [2.24, 2.45) is 5.41 Å². The average Bonchev–Trinajstić information content (AvgIpc) is 2.54. The zero-order chi connectivity index (χ0) is 17.4. The van der Waals surface area contributed by atoms with E-state index in [2.05, 4.69) is 13.2 Å². The Hall–Kier alpha value is -1.89. The van der Waals surface area contributed by atoms with E-state index >= 15 is 0 Å². The van der Waals surface area contributed by atoms with Gasteiger partial charge in [-0.3, -0.25) is 4.79 Å².